The average molecular weight is 276 g/mol. The highest BCUT2D eigenvalue weighted by atomic mass is 19.3. The van der Waals surface area contributed by atoms with Gasteiger partial charge in [-0.1, -0.05) is 0 Å². The summed E-state index contributed by atoms with van der Waals surface area (Å²) in [5.74, 6) is -2.05. The third kappa shape index (κ3) is 5.31. The summed E-state index contributed by atoms with van der Waals surface area (Å²) in [5, 5.41) is 13.8. The molecule has 3 N–H and O–H groups in total. The van der Waals surface area contributed by atoms with Crippen LogP contribution in [0.25, 0.3) is 0 Å². The zero-order valence-corrected chi connectivity index (χ0v) is 10.9. The summed E-state index contributed by atoms with van der Waals surface area (Å²) < 4.78 is 31.0. The molecule has 0 spiro atoms. The lowest BCUT2D eigenvalue weighted by Crippen LogP contribution is -2.31. The van der Waals surface area contributed by atoms with Gasteiger partial charge in [-0.2, -0.15) is 0 Å². The van der Waals surface area contributed by atoms with Gasteiger partial charge in [0.1, 0.15) is 24.8 Å². The molecular formula is C11H18F2N4O2. The Morgan fingerprint density at radius 1 is 1.37 bits per heavy atom. The van der Waals surface area contributed by atoms with Crippen LogP contribution < -0.4 is 10.6 Å². The van der Waals surface area contributed by atoms with Crippen molar-refractivity contribution in [2.75, 3.05) is 37.4 Å². The Balaban J connectivity index is 2.76. The molecule has 0 amide bonds. The highest BCUT2D eigenvalue weighted by molar-refractivity contribution is 5.47. The van der Waals surface area contributed by atoms with Crippen molar-refractivity contribution in [3.05, 3.63) is 11.9 Å². The van der Waals surface area contributed by atoms with E-state index in [0.29, 0.717) is 18.2 Å². The molecule has 1 heterocycles. The quantitative estimate of drug-likeness (QED) is 0.659. The van der Waals surface area contributed by atoms with Crippen molar-refractivity contribution in [3.8, 4) is 0 Å². The van der Waals surface area contributed by atoms with Gasteiger partial charge < -0.3 is 20.5 Å². The first-order chi connectivity index (χ1) is 9.00. The molecule has 1 aromatic heterocycles. The predicted molar refractivity (Wildman–Crippen MR) is 67.4 cm³/mol. The van der Waals surface area contributed by atoms with Gasteiger partial charge in [0, 0.05) is 19.7 Å². The van der Waals surface area contributed by atoms with Crippen molar-refractivity contribution in [1.29, 1.82) is 0 Å². The maximum Gasteiger partial charge on any atom is 0.287 e. The fourth-order valence-electron chi connectivity index (χ4n) is 1.25. The molecule has 108 valence electrons. The molecule has 0 saturated carbocycles. The summed E-state index contributed by atoms with van der Waals surface area (Å²) in [6.45, 7) is 0.645. The Labute approximate surface area is 110 Å². The lowest BCUT2D eigenvalue weighted by Gasteiger charge is -2.15. The van der Waals surface area contributed by atoms with Crippen LogP contribution in [0.2, 0.25) is 0 Å². The fourth-order valence-corrected chi connectivity index (χ4v) is 1.25. The van der Waals surface area contributed by atoms with E-state index in [1.165, 1.54) is 6.07 Å². The number of halogens is 2. The van der Waals surface area contributed by atoms with E-state index in [9.17, 15) is 8.78 Å². The summed E-state index contributed by atoms with van der Waals surface area (Å²) in [7, 11) is 1.67. The van der Waals surface area contributed by atoms with Crippen LogP contribution in [0.3, 0.4) is 0 Å². The van der Waals surface area contributed by atoms with Gasteiger partial charge in [0.05, 0.1) is 6.54 Å². The molecule has 0 aromatic carbocycles. The zero-order valence-electron chi connectivity index (χ0n) is 10.9. The van der Waals surface area contributed by atoms with Crippen LogP contribution in [0, 0.1) is 0 Å². The summed E-state index contributed by atoms with van der Waals surface area (Å²) in [4.78, 5) is 8.18. The first-order valence-electron chi connectivity index (χ1n) is 5.86. The van der Waals surface area contributed by atoms with Crippen molar-refractivity contribution >= 4 is 11.6 Å². The van der Waals surface area contributed by atoms with Crippen LogP contribution in [0.5, 0.6) is 0 Å². The molecule has 8 heteroatoms. The summed E-state index contributed by atoms with van der Waals surface area (Å²) in [6, 6.07) is 1.50. The van der Waals surface area contributed by atoms with Crippen molar-refractivity contribution in [3.63, 3.8) is 0 Å². The van der Waals surface area contributed by atoms with Gasteiger partial charge in [0.15, 0.2) is 5.82 Å². The van der Waals surface area contributed by atoms with Crippen LogP contribution in [-0.4, -0.2) is 47.8 Å². The number of aliphatic hydroxyl groups is 1. The number of aliphatic hydroxyl groups excluding tert-OH is 1. The van der Waals surface area contributed by atoms with Crippen molar-refractivity contribution < 1.29 is 18.6 Å². The summed E-state index contributed by atoms with van der Waals surface area (Å²) in [5.41, 5.74) is 0. The maximum atomic E-state index is 12.9. The summed E-state index contributed by atoms with van der Waals surface area (Å²) >= 11 is 0. The second-order valence-electron chi connectivity index (χ2n) is 3.81. The van der Waals surface area contributed by atoms with Crippen molar-refractivity contribution in [2.24, 2.45) is 0 Å². The molecular weight excluding hydrogens is 258 g/mol. The Bertz CT molecular complexity index is 404. The highest BCUT2D eigenvalue weighted by Crippen LogP contribution is 2.16. The van der Waals surface area contributed by atoms with Gasteiger partial charge in [-0.3, -0.25) is 0 Å². The number of nitrogens with zero attached hydrogens (tertiary/aromatic N) is 2. The largest absolute Gasteiger partial charge is 0.390 e. The number of anilines is 2. The number of nitrogens with one attached hydrogen (secondary N) is 2. The lowest BCUT2D eigenvalue weighted by molar-refractivity contribution is -0.0373. The number of rotatable bonds is 8. The van der Waals surface area contributed by atoms with E-state index in [4.69, 9.17) is 9.84 Å². The van der Waals surface area contributed by atoms with E-state index in [1.807, 2.05) is 6.92 Å². The van der Waals surface area contributed by atoms with E-state index in [-0.39, 0.29) is 12.4 Å². The van der Waals surface area contributed by atoms with E-state index in [1.54, 1.807) is 7.05 Å². The van der Waals surface area contributed by atoms with Gasteiger partial charge in [0.25, 0.3) is 5.92 Å². The van der Waals surface area contributed by atoms with Crippen molar-refractivity contribution in [2.45, 2.75) is 19.5 Å². The highest BCUT2D eigenvalue weighted by Gasteiger charge is 2.27. The topological polar surface area (TPSA) is 79.3 Å². The molecule has 19 heavy (non-hydrogen) atoms. The standard InChI is InChI=1S/C11H18F2N4O2/c1-3-19-5-10-16-8(14-2)4-9(17-10)15-6-11(12,13)7-18/h4,18H,3,5-7H2,1-2H3,(H2,14,15,16,17). The van der Waals surface area contributed by atoms with Crippen LogP contribution in [0.1, 0.15) is 12.7 Å². The van der Waals surface area contributed by atoms with Gasteiger partial charge in [-0.05, 0) is 6.92 Å². The number of hydrogen-bond acceptors (Lipinski definition) is 6. The second-order valence-corrected chi connectivity index (χ2v) is 3.81. The molecule has 0 bridgehead atoms. The summed E-state index contributed by atoms with van der Waals surface area (Å²) in [6.07, 6.45) is 0. The van der Waals surface area contributed by atoms with E-state index in [2.05, 4.69) is 20.6 Å². The van der Waals surface area contributed by atoms with E-state index >= 15 is 0 Å². The molecule has 0 aliphatic rings. The van der Waals surface area contributed by atoms with Crippen LogP contribution in [0.4, 0.5) is 20.4 Å². The third-order valence-corrected chi connectivity index (χ3v) is 2.22. The molecule has 0 unspecified atom stereocenters. The first-order valence-corrected chi connectivity index (χ1v) is 5.86. The maximum absolute atomic E-state index is 12.9. The number of hydrogen-bond donors (Lipinski definition) is 3. The molecule has 0 atom stereocenters. The van der Waals surface area contributed by atoms with Crippen LogP contribution >= 0.6 is 0 Å². The SMILES string of the molecule is CCOCc1nc(NC)cc(NCC(F)(F)CO)n1. The van der Waals surface area contributed by atoms with Crippen LogP contribution in [-0.2, 0) is 11.3 Å². The molecule has 0 aliphatic heterocycles. The third-order valence-electron chi connectivity index (χ3n) is 2.22. The monoisotopic (exact) mass is 276 g/mol. The minimum atomic E-state index is -3.19. The first kappa shape index (κ1) is 15.5. The molecule has 0 radical (unpaired) electrons. The van der Waals surface area contributed by atoms with Crippen molar-refractivity contribution in [1.82, 2.24) is 9.97 Å². The van der Waals surface area contributed by atoms with Crippen LogP contribution in [0.15, 0.2) is 6.07 Å². The minimum Gasteiger partial charge on any atom is -0.390 e. The normalized spacial score (nSPS) is 11.4. The van der Waals surface area contributed by atoms with Gasteiger partial charge >= 0.3 is 0 Å². The fraction of sp³-hybridized carbons (Fsp3) is 0.636. The molecule has 1 aromatic rings. The Morgan fingerprint density at radius 3 is 2.63 bits per heavy atom. The second kappa shape index (κ2) is 7.15. The van der Waals surface area contributed by atoms with E-state index in [0.717, 1.165) is 0 Å². The Morgan fingerprint density at radius 2 is 2.05 bits per heavy atom. The Hall–Kier alpha value is -1.54. The molecule has 0 fully saturated rings. The van der Waals surface area contributed by atoms with Gasteiger partial charge in [-0.15, -0.1) is 0 Å². The van der Waals surface area contributed by atoms with Gasteiger partial charge in [0.2, 0.25) is 0 Å². The van der Waals surface area contributed by atoms with Gasteiger partial charge in [-0.25, -0.2) is 18.7 Å². The molecule has 6 nitrogen and oxygen atoms in total. The smallest absolute Gasteiger partial charge is 0.287 e. The molecule has 0 aliphatic carbocycles. The van der Waals surface area contributed by atoms with E-state index < -0.39 is 19.1 Å². The zero-order chi connectivity index (χ0) is 14.3. The number of alkyl halides is 2. The number of ether oxygens (including phenoxy) is 1. The number of aromatic nitrogens is 2. The lowest BCUT2D eigenvalue weighted by atomic mass is 10.3. The average Bonchev–Trinajstić information content (AvgIpc) is 2.42. The molecule has 0 saturated heterocycles. The Kier molecular flexibility index (Phi) is 5.84. The molecule has 1 rings (SSSR count). The minimum absolute atomic E-state index is 0.205. The predicted octanol–water partition coefficient (Wildman–Crippen LogP) is 1.09.